The molecule has 0 saturated carbocycles. The van der Waals surface area contributed by atoms with Crippen LogP contribution in [0.25, 0.3) is 0 Å². The van der Waals surface area contributed by atoms with Gasteiger partial charge >= 0.3 is 6.09 Å². The molecule has 1 fully saturated rings. The molecule has 1 aliphatic heterocycles. The maximum absolute atomic E-state index is 11.4. The maximum atomic E-state index is 11.4. The van der Waals surface area contributed by atoms with Crippen molar-refractivity contribution in [2.75, 3.05) is 33.9 Å². The zero-order chi connectivity index (χ0) is 12.8. The first-order valence-electron chi connectivity index (χ1n) is 5.44. The Bertz CT molecular complexity index is 284. The lowest BCUT2D eigenvalue weighted by atomic mass is 10.1. The van der Waals surface area contributed by atoms with Crippen LogP contribution >= 0.6 is 0 Å². The predicted molar refractivity (Wildman–Crippen MR) is 58.4 cm³/mol. The number of rotatable bonds is 4. The fourth-order valence-electron chi connectivity index (χ4n) is 1.61. The van der Waals surface area contributed by atoms with Crippen LogP contribution in [-0.2, 0) is 14.4 Å². The van der Waals surface area contributed by atoms with Crippen LogP contribution in [0.4, 0.5) is 4.79 Å². The highest BCUT2D eigenvalue weighted by molar-refractivity contribution is 5.74. The predicted octanol–water partition coefficient (Wildman–Crippen LogP) is 0.165. The van der Waals surface area contributed by atoms with Gasteiger partial charge in [-0.05, 0) is 6.42 Å². The molecule has 1 saturated heterocycles. The molecule has 17 heavy (non-hydrogen) atoms. The number of carbonyl (C=O) groups excluding carboxylic acids is 1. The van der Waals surface area contributed by atoms with E-state index in [-0.39, 0.29) is 18.4 Å². The zero-order valence-electron chi connectivity index (χ0n) is 10.1. The minimum absolute atomic E-state index is 0.149. The summed E-state index contributed by atoms with van der Waals surface area (Å²) in [4.78, 5) is 28.3. The first kappa shape index (κ1) is 13.7. The average molecular weight is 246 g/mol. The van der Waals surface area contributed by atoms with Crippen molar-refractivity contribution in [1.29, 1.82) is 0 Å². The number of amides is 2. The van der Waals surface area contributed by atoms with E-state index in [0.29, 0.717) is 26.1 Å². The molecule has 0 bridgehead atoms. The highest BCUT2D eigenvalue weighted by Crippen LogP contribution is 2.11. The van der Waals surface area contributed by atoms with Crippen LogP contribution in [0, 0.1) is 0 Å². The number of hydrogen-bond acceptors (Lipinski definition) is 4. The normalized spacial score (nSPS) is 20.1. The van der Waals surface area contributed by atoms with Crippen molar-refractivity contribution in [3.8, 4) is 0 Å². The van der Waals surface area contributed by atoms with Crippen molar-refractivity contribution >= 4 is 12.0 Å². The number of hydroxylamine groups is 2. The van der Waals surface area contributed by atoms with Crippen LogP contribution in [-0.4, -0.2) is 67.0 Å². The maximum Gasteiger partial charge on any atom is 0.407 e. The summed E-state index contributed by atoms with van der Waals surface area (Å²) in [7, 11) is 2.95. The Kier molecular flexibility index (Phi) is 5.17. The van der Waals surface area contributed by atoms with Gasteiger partial charge in [-0.15, -0.1) is 0 Å². The molecule has 0 aliphatic carbocycles. The Morgan fingerprint density at radius 2 is 2.29 bits per heavy atom. The third kappa shape index (κ3) is 4.20. The average Bonchev–Trinajstić information content (AvgIpc) is 2.35. The van der Waals surface area contributed by atoms with E-state index >= 15 is 0 Å². The molecule has 1 rings (SSSR count). The molecule has 2 amide bonds. The molecule has 98 valence electrons. The van der Waals surface area contributed by atoms with E-state index in [0.717, 1.165) is 5.06 Å². The molecule has 1 aliphatic rings. The van der Waals surface area contributed by atoms with E-state index < -0.39 is 6.09 Å². The number of carboxylic acid groups (broad SMARTS) is 1. The van der Waals surface area contributed by atoms with E-state index in [4.69, 9.17) is 14.7 Å². The lowest BCUT2D eigenvalue weighted by molar-refractivity contribution is -0.169. The minimum Gasteiger partial charge on any atom is -0.465 e. The Labute approximate surface area is 99.8 Å². The van der Waals surface area contributed by atoms with E-state index in [1.807, 2.05) is 0 Å². The Hall–Kier alpha value is -1.34. The molecule has 7 nitrogen and oxygen atoms in total. The van der Waals surface area contributed by atoms with Crippen molar-refractivity contribution in [2.45, 2.75) is 18.9 Å². The largest absolute Gasteiger partial charge is 0.465 e. The van der Waals surface area contributed by atoms with Crippen LogP contribution in [0.3, 0.4) is 0 Å². The summed E-state index contributed by atoms with van der Waals surface area (Å²) in [5.41, 5.74) is 0. The van der Waals surface area contributed by atoms with E-state index in [2.05, 4.69) is 0 Å². The molecule has 0 spiro atoms. The zero-order valence-corrected chi connectivity index (χ0v) is 10.1. The second-order valence-corrected chi connectivity index (χ2v) is 3.83. The van der Waals surface area contributed by atoms with E-state index in [9.17, 15) is 9.59 Å². The Balaban J connectivity index is 2.32. The third-order valence-electron chi connectivity index (χ3n) is 2.71. The second kappa shape index (κ2) is 6.41. The lowest BCUT2D eigenvalue weighted by Gasteiger charge is -2.31. The molecule has 1 N–H and O–H groups in total. The molecule has 0 aromatic heterocycles. The number of morpholine rings is 1. The SMILES string of the molecule is CON(C)C(=O)CC[C@H]1CN(C(=O)O)CCO1. The quantitative estimate of drug-likeness (QED) is 0.715. The molecular weight excluding hydrogens is 228 g/mol. The standard InChI is InChI=1S/C10H18N2O5/c1-11(16-2)9(13)4-3-8-7-12(10(14)15)5-6-17-8/h8H,3-7H2,1-2H3,(H,14,15)/t8-/m0/s1. The van der Waals surface area contributed by atoms with E-state index in [1.54, 1.807) is 0 Å². The van der Waals surface area contributed by atoms with E-state index in [1.165, 1.54) is 19.1 Å². The molecule has 1 atom stereocenters. The molecule has 0 unspecified atom stereocenters. The van der Waals surface area contributed by atoms with Gasteiger partial charge in [0, 0.05) is 20.0 Å². The Morgan fingerprint density at radius 3 is 2.88 bits per heavy atom. The van der Waals surface area contributed by atoms with Gasteiger partial charge in [0.25, 0.3) is 0 Å². The van der Waals surface area contributed by atoms with Gasteiger partial charge in [-0.25, -0.2) is 9.86 Å². The van der Waals surface area contributed by atoms with Gasteiger partial charge in [0.1, 0.15) is 0 Å². The number of hydrogen-bond donors (Lipinski definition) is 1. The van der Waals surface area contributed by atoms with Crippen LogP contribution in [0.15, 0.2) is 0 Å². The van der Waals surface area contributed by atoms with Crippen LogP contribution in [0.1, 0.15) is 12.8 Å². The monoisotopic (exact) mass is 246 g/mol. The van der Waals surface area contributed by atoms with Crippen molar-refractivity contribution < 1.29 is 24.3 Å². The number of nitrogens with zero attached hydrogens (tertiary/aromatic N) is 2. The highest BCUT2D eigenvalue weighted by atomic mass is 16.7. The van der Waals surface area contributed by atoms with Crippen molar-refractivity contribution in [1.82, 2.24) is 9.96 Å². The highest BCUT2D eigenvalue weighted by Gasteiger charge is 2.24. The van der Waals surface area contributed by atoms with Gasteiger partial charge < -0.3 is 14.7 Å². The van der Waals surface area contributed by atoms with Gasteiger partial charge in [0.15, 0.2) is 0 Å². The van der Waals surface area contributed by atoms with Crippen LogP contribution < -0.4 is 0 Å². The van der Waals surface area contributed by atoms with Crippen molar-refractivity contribution in [3.05, 3.63) is 0 Å². The Morgan fingerprint density at radius 1 is 1.59 bits per heavy atom. The fourth-order valence-corrected chi connectivity index (χ4v) is 1.61. The summed E-state index contributed by atoms with van der Waals surface area (Å²) >= 11 is 0. The molecule has 0 aromatic rings. The molecular formula is C10H18N2O5. The minimum atomic E-state index is -0.946. The molecule has 0 radical (unpaired) electrons. The summed E-state index contributed by atoms with van der Waals surface area (Å²) in [5, 5.41) is 9.99. The van der Waals surface area contributed by atoms with Crippen LogP contribution in [0.5, 0.6) is 0 Å². The third-order valence-corrected chi connectivity index (χ3v) is 2.71. The second-order valence-electron chi connectivity index (χ2n) is 3.83. The van der Waals surface area contributed by atoms with Crippen molar-refractivity contribution in [3.63, 3.8) is 0 Å². The summed E-state index contributed by atoms with van der Waals surface area (Å²) in [6, 6.07) is 0. The smallest absolute Gasteiger partial charge is 0.407 e. The molecule has 1 heterocycles. The first-order chi connectivity index (χ1) is 8.04. The topological polar surface area (TPSA) is 79.3 Å². The molecule has 0 aromatic carbocycles. The van der Waals surface area contributed by atoms with Crippen molar-refractivity contribution in [2.24, 2.45) is 0 Å². The summed E-state index contributed by atoms with van der Waals surface area (Å²) in [5.74, 6) is -0.149. The fraction of sp³-hybridized carbons (Fsp3) is 0.800. The van der Waals surface area contributed by atoms with Gasteiger partial charge in [0.2, 0.25) is 5.91 Å². The summed E-state index contributed by atoms with van der Waals surface area (Å²) < 4.78 is 5.41. The van der Waals surface area contributed by atoms with Gasteiger partial charge in [-0.1, -0.05) is 0 Å². The number of ether oxygens (including phenoxy) is 1. The van der Waals surface area contributed by atoms with Gasteiger partial charge in [0.05, 0.1) is 26.4 Å². The van der Waals surface area contributed by atoms with Gasteiger partial charge in [-0.3, -0.25) is 9.63 Å². The first-order valence-corrected chi connectivity index (χ1v) is 5.44. The summed E-state index contributed by atoms with van der Waals surface area (Å²) in [6.45, 7) is 1.09. The molecule has 7 heteroatoms. The van der Waals surface area contributed by atoms with Gasteiger partial charge in [-0.2, -0.15) is 0 Å². The van der Waals surface area contributed by atoms with Crippen LogP contribution in [0.2, 0.25) is 0 Å². The number of carbonyl (C=O) groups is 2. The summed E-state index contributed by atoms with van der Waals surface area (Å²) in [6.07, 6.45) is -0.383. The lowest BCUT2D eigenvalue weighted by Crippen LogP contribution is -2.45.